The topological polar surface area (TPSA) is 46.2 Å². The van der Waals surface area contributed by atoms with Gasteiger partial charge in [-0.05, 0) is 18.4 Å². The van der Waals surface area contributed by atoms with Crippen LogP contribution in [-0.4, -0.2) is 15.0 Å². The Morgan fingerprint density at radius 3 is 2.63 bits per heavy atom. The molecule has 1 aliphatic heterocycles. The summed E-state index contributed by atoms with van der Waals surface area (Å²) >= 11 is 0. The van der Waals surface area contributed by atoms with Crippen LogP contribution in [-0.2, 0) is 9.84 Å². The Morgan fingerprint density at radius 1 is 1.16 bits per heavy atom. The molecule has 0 bridgehead atoms. The van der Waals surface area contributed by atoms with Crippen molar-refractivity contribution in [1.29, 1.82) is 0 Å². The van der Waals surface area contributed by atoms with Crippen LogP contribution >= 0.6 is 0 Å². The van der Waals surface area contributed by atoms with E-state index in [1.807, 2.05) is 12.1 Å². The van der Waals surface area contributed by atoms with Crippen molar-refractivity contribution in [2.24, 2.45) is 5.92 Å². The molecule has 0 amide bonds. The lowest BCUT2D eigenvalue weighted by molar-refractivity contribution is 0.534. The molecule has 0 aliphatic carbocycles. The maximum absolute atomic E-state index is 11.9. The summed E-state index contributed by atoms with van der Waals surface area (Å²) in [6, 6.07) is 7.14. The first-order valence-electron chi connectivity index (χ1n) is 6.81. The molecule has 1 aromatic carbocycles. The van der Waals surface area contributed by atoms with E-state index in [1.165, 1.54) is 18.2 Å². The van der Waals surface area contributed by atoms with E-state index in [2.05, 4.69) is 19.2 Å². The van der Waals surface area contributed by atoms with Gasteiger partial charge in [-0.1, -0.05) is 44.9 Å². The van der Waals surface area contributed by atoms with Gasteiger partial charge in [0.1, 0.15) is 0 Å². The zero-order valence-corrected chi connectivity index (χ0v) is 12.3. The molecule has 1 aliphatic rings. The molecule has 4 heteroatoms. The Bertz CT molecular complexity index is 574. The number of rotatable bonds is 6. The summed E-state index contributed by atoms with van der Waals surface area (Å²) in [6.07, 6.45) is 3.46. The predicted octanol–water partition coefficient (Wildman–Crippen LogP) is 3.19. The Morgan fingerprint density at radius 2 is 1.89 bits per heavy atom. The second-order valence-electron chi connectivity index (χ2n) is 5.39. The molecule has 3 nitrogen and oxygen atoms in total. The molecule has 0 unspecified atom stereocenters. The molecular weight excluding hydrogens is 258 g/mol. The molecule has 1 aromatic rings. The van der Waals surface area contributed by atoms with Crippen LogP contribution in [0, 0.1) is 5.92 Å². The third-order valence-corrected chi connectivity index (χ3v) is 4.80. The number of unbranched alkanes of at least 4 members (excludes halogenated alkanes) is 1. The van der Waals surface area contributed by atoms with E-state index in [4.69, 9.17) is 0 Å². The van der Waals surface area contributed by atoms with Crippen LogP contribution in [0.25, 0.3) is 5.70 Å². The van der Waals surface area contributed by atoms with Gasteiger partial charge in [-0.15, -0.1) is 0 Å². The van der Waals surface area contributed by atoms with Gasteiger partial charge in [0.15, 0.2) is 0 Å². The van der Waals surface area contributed by atoms with Crippen molar-refractivity contribution >= 4 is 15.5 Å². The minimum Gasteiger partial charge on any atom is -0.384 e. The van der Waals surface area contributed by atoms with Crippen LogP contribution in [0.3, 0.4) is 0 Å². The van der Waals surface area contributed by atoms with Gasteiger partial charge in [0.2, 0.25) is 9.84 Å². The summed E-state index contributed by atoms with van der Waals surface area (Å²) in [5.74, 6) is 0.729. The van der Waals surface area contributed by atoms with E-state index in [1.54, 1.807) is 12.1 Å². The van der Waals surface area contributed by atoms with Gasteiger partial charge in [0, 0.05) is 12.1 Å². The average molecular weight is 279 g/mol. The van der Waals surface area contributed by atoms with Crippen molar-refractivity contribution in [3.8, 4) is 0 Å². The lowest BCUT2D eigenvalue weighted by atomic mass is 10.1. The number of nitrogens with one attached hydrogen (secondary N) is 1. The van der Waals surface area contributed by atoms with Gasteiger partial charge >= 0.3 is 0 Å². The van der Waals surface area contributed by atoms with Crippen LogP contribution in [0.4, 0.5) is 0 Å². The van der Waals surface area contributed by atoms with Gasteiger partial charge in [-0.2, -0.15) is 0 Å². The molecule has 0 fully saturated rings. The van der Waals surface area contributed by atoms with Crippen molar-refractivity contribution in [1.82, 2.24) is 5.32 Å². The second-order valence-corrected chi connectivity index (χ2v) is 7.15. The predicted molar refractivity (Wildman–Crippen MR) is 78.3 cm³/mol. The van der Waals surface area contributed by atoms with E-state index < -0.39 is 9.84 Å². The molecule has 2 rings (SSSR count). The summed E-state index contributed by atoms with van der Waals surface area (Å²) < 4.78 is 23.9. The number of hydrogen-bond donors (Lipinski definition) is 1. The van der Waals surface area contributed by atoms with Gasteiger partial charge in [-0.25, -0.2) is 8.42 Å². The average Bonchev–Trinajstić information content (AvgIpc) is 2.61. The van der Waals surface area contributed by atoms with Crippen LogP contribution in [0.2, 0.25) is 0 Å². The van der Waals surface area contributed by atoms with Gasteiger partial charge in [0.25, 0.3) is 0 Å². The van der Waals surface area contributed by atoms with E-state index >= 15 is 0 Å². The quantitative estimate of drug-likeness (QED) is 0.813. The molecule has 1 N–H and O–H groups in total. The first kappa shape index (κ1) is 14.1. The SMILES string of the molecule is CC(C)CCCCNC1=CS(=O)(=O)c2ccccc21. The third kappa shape index (κ3) is 3.38. The van der Waals surface area contributed by atoms with Crippen molar-refractivity contribution in [3.05, 3.63) is 35.2 Å². The minimum atomic E-state index is -3.24. The normalized spacial score (nSPS) is 16.3. The summed E-state index contributed by atoms with van der Waals surface area (Å²) in [4.78, 5) is 0.416. The number of sulfone groups is 1. The third-order valence-electron chi connectivity index (χ3n) is 3.28. The summed E-state index contributed by atoms with van der Waals surface area (Å²) in [5.41, 5.74) is 1.53. The van der Waals surface area contributed by atoms with Crippen LogP contribution in [0.1, 0.15) is 38.7 Å². The highest BCUT2D eigenvalue weighted by molar-refractivity contribution is 7.94. The maximum Gasteiger partial charge on any atom is 0.202 e. The molecular formula is C15H21NO2S. The first-order valence-corrected chi connectivity index (χ1v) is 8.35. The Kier molecular flexibility index (Phi) is 4.30. The van der Waals surface area contributed by atoms with Gasteiger partial charge < -0.3 is 5.32 Å². The van der Waals surface area contributed by atoms with E-state index in [-0.39, 0.29) is 0 Å². The molecule has 0 spiro atoms. The molecule has 1 heterocycles. The number of fused-ring (bicyclic) bond motifs is 1. The maximum atomic E-state index is 11.9. The molecule has 104 valence electrons. The van der Waals surface area contributed by atoms with Crippen molar-refractivity contribution in [2.45, 2.75) is 38.0 Å². The van der Waals surface area contributed by atoms with Gasteiger partial charge in [-0.3, -0.25) is 0 Å². The van der Waals surface area contributed by atoms with Crippen molar-refractivity contribution < 1.29 is 8.42 Å². The van der Waals surface area contributed by atoms with E-state index in [0.29, 0.717) is 4.90 Å². The standard InChI is InChI=1S/C15H21NO2S/c1-12(2)7-5-6-10-16-14-11-19(17,18)15-9-4-3-8-13(14)15/h3-4,8-9,11-12,16H,5-7,10H2,1-2H3. The highest BCUT2D eigenvalue weighted by Gasteiger charge is 2.25. The molecule has 0 radical (unpaired) electrons. The van der Waals surface area contributed by atoms with Crippen LogP contribution in [0.5, 0.6) is 0 Å². The zero-order chi connectivity index (χ0) is 13.9. The van der Waals surface area contributed by atoms with Gasteiger partial charge in [0.05, 0.1) is 16.0 Å². The van der Waals surface area contributed by atoms with E-state index in [9.17, 15) is 8.42 Å². The second kappa shape index (κ2) is 5.78. The minimum absolute atomic E-state index is 0.416. The summed E-state index contributed by atoms with van der Waals surface area (Å²) in [6.45, 7) is 5.26. The fourth-order valence-corrected chi connectivity index (χ4v) is 3.66. The lowest BCUT2D eigenvalue weighted by Crippen LogP contribution is -2.12. The summed E-state index contributed by atoms with van der Waals surface area (Å²) in [7, 11) is -3.24. The Labute approximate surface area is 115 Å². The summed E-state index contributed by atoms with van der Waals surface area (Å²) in [5, 5.41) is 4.60. The Balaban J connectivity index is 1.96. The smallest absolute Gasteiger partial charge is 0.202 e. The lowest BCUT2D eigenvalue weighted by Gasteiger charge is -2.09. The highest BCUT2D eigenvalue weighted by Crippen LogP contribution is 2.31. The van der Waals surface area contributed by atoms with Crippen molar-refractivity contribution in [3.63, 3.8) is 0 Å². The van der Waals surface area contributed by atoms with E-state index in [0.717, 1.165) is 30.1 Å². The largest absolute Gasteiger partial charge is 0.384 e. The number of benzene rings is 1. The van der Waals surface area contributed by atoms with Crippen molar-refractivity contribution in [2.75, 3.05) is 6.54 Å². The molecule has 0 saturated heterocycles. The fraction of sp³-hybridized carbons (Fsp3) is 0.467. The zero-order valence-electron chi connectivity index (χ0n) is 11.5. The highest BCUT2D eigenvalue weighted by atomic mass is 32.2. The van der Waals surface area contributed by atoms with Crippen LogP contribution in [0.15, 0.2) is 34.6 Å². The monoisotopic (exact) mass is 279 g/mol. The molecule has 19 heavy (non-hydrogen) atoms. The molecule has 0 aromatic heterocycles. The fourth-order valence-electron chi connectivity index (χ4n) is 2.26. The molecule has 0 atom stereocenters. The van der Waals surface area contributed by atoms with Crippen LogP contribution < -0.4 is 5.32 Å². The molecule has 0 saturated carbocycles. The first-order chi connectivity index (χ1) is 9.00. The number of hydrogen-bond acceptors (Lipinski definition) is 3. The Hall–Kier alpha value is -1.29.